The molecule has 2 rings (SSSR count). The minimum absolute atomic E-state index is 0.137. The van der Waals surface area contributed by atoms with Gasteiger partial charge in [-0.2, -0.15) is 10.5 Å². The lowest BCUT2D eigenvalue weighted by Crippen LogP contribution is -2.31. The highest BCUT2D eigenvalue weighted by Gasteiger charge is 2.16. The lowest BCUT2D eigenvalue weighted by atomic mass is 10.1. The molecule has 9 heteroatoms. The zero-order valence-corrected chi connectivity index (χ0v) is 18.1. The fourth-order valence-electron chi connectivity index (χ4n) is 2.86. The molecular weight excluding hydrogens is 410 g/mol. The summed E-state index contributed by atoms with van der Waals surface area (Å²) in [5, 5.41) is 25.9. The van der Waals surface area contributed by atoms with Gasteiger partial charge < -0.3 is 25.4 Å². The average Bonchev–Trinajstić information content (AvgIpc) is 2.78. The van der Waals surface area contributed by atoms with Crippen molar-refractivity contribution in [1.82, 2.24) is 5.32 Å². The molecule has 166 valence electrons. The van der Waals surface area contributed by atoms with Gasteiger partial charge in [0, 0.05) is 17.4 Å². The van der Waals surface area contributed by atoms with Gasteiger partial charge in [0.15, 0.2) is 0 Å². The Morgan fingerprint density at radius 2 is 1.81 bits per heavy atom. The van der Waals surface area contributed by atoms with Crippen molar-refractivity contribution in [2.45, 2.75) is 38.8 Å². The summed E-state index contributed by atoms with van der Waals surface area (Å²) in [6, 6.07) is 14.9. The van der Waals surface area contributed by atoms with E-state index in [4.69, 9.17) is 20.0 Å². The van der Waals surface area contributed by atoms with E-state index in [1.165, 1.54) is 7.11 Å². The second-order valence-electron chi connectivity index (χ2n) is 6.90. The first-order chi connectivity index (χ1) is 15.4. The SMILES string of the molecule is CC[C@H](CC#N)OC(=O)N[C@@H](C)c1cccc(NC(=O)Nc2ccc(C#N)c(OC)c2)c1. The Labute approximate surface area is 186 Å². The number of alkyl carbamates (subject to hydrolysis) is 1. The zero-order chi connectivity index (χ0) is 23.5. The van der Waals surface area contributed by atoms with Crippen LogP contribution in [0.2, 0.25) is 0 Å². The summed E-state index contributed by atoms with van der Waals surface area (Å²) in [6.07, 6.45) is -0.373. The number of nitriles is 2. The number of amides is 3. The number of hydrogen-bond acceptors (Lipinski definition) is 6. The number of urea groups is 1. The second-order valence-corrected chi connectivity index (χ2v) is 6.90. The molecule has 0 aliphatic heterocycles. The van der Waals surface area contributed by atoms with Gasteiger partial charge in [0.1, 0.15) is 17.9 Å². The fraction of sp³-hybridized carbons (Fsp3) is 0.304. The monoisotopic (exact) mass is 435 g/mol. The normalized spacial score (nSPS) is 11.8. The molecule has 2 atom stereocenters. The Morgan fingerprint density at radius 1 is 1.09 bits per heavy atom. The van der Waals surface area contributed by atoms with Crippen molar-refractivity contribution in [1.29, 1.82) is 10.5 Å². The first kappa shape index (κ1) is 24.0. The van der Waals surface area contributed by atoms with Gasteiger partial charge in [-0.05, 0) is 43.2 Å². The molecule has 3 amide bonds. The molecule has 0 fully saturated rings. The molecule has 0 aliphatic carbocycles. The number of anilines is 2. The van der Waals surface area contributed by atoms with E-state index in [0.717, 1.165) is 5.56 Å². The number of benzene rings is 2. The Bertz CT molecular complexity index is 1040. The molecular formula is C23H25N5O4. The van der Waals surface area contributed by atoms with E-state index in [1.54, 1.807) is 43.3 Å². The zero-order valence-electron chi connectivity index (χ0n) is 18.1. The first-order valence-corrected chi connectivity index (χ1v) is 10.00. The van der Waals surface area contributed by atoms with Crippen LogP contribution in [0.15, 0.2) is 42.5 Å². The molecule has 32 heavy (non-hydrogen) atoms. The summed E-state index contributed by atoms with van der Waals surface area (Å²) in [5.74, 6) is 0.360. The number of hydrogen-bond donors (Lipinski definition) is 3. The number of rotatable bonds is 8. The van der Waals surface area contributed by atoms with Crippen LogP contribution < -0.4 is 20.7 Å². The molecule has 0 heterocycles. The van der Waals surface area contributed by atoms with Crippen LogP contribution in [0.4, 0.5) is 21.0 Å². The van der Waals surface area contributed by atoms with Gasteiger partial charge in [-0.25, -0.2) is 9.59 Å². The van der Waals surface area contributed by atoms with E-state index in [-0.39, 0.29) is 12.5 Å². The molecule has 0 aliphatic rings. The third kappa shape index (κ3) is 6.92. The number of methoxy groups -OCH3 is 1. The number of carbonyl (C=O) groups excluding carboxylic acids is 2. The van der Waals surface area contributed by atoms with Gasteiger partial charge in [-0.1, -0.05) is 19.1 Å². The van der Waals surface area contributed by atoms with E-state index in [9.17, 15) is 9.59 Å². The number of ether oxygens (including phenoxy) is 2. The Kier molecular flexibility index (Phi) is 8.88. The largest absolute Gasteiger partial charge is 0.495 e. The van der Waals surface area contributed by atoms with Gasteiger partial charge in [0.2, 0.25) is 0 Å². The van der Waals surface area contributed by atoms with Gasteiger partial charge in [-0.15, -0.1) is 0 Å². The van der Waals surface area contributed by atoms with E-state index in [2.05, 4.69) is 16.0 Å². The summed E-state index contributed by atoms with van der Waals surface area (Å²) in [5.41, 5.74) is 2.12. The minimum Gasteiger partial charge on any atom is -0.495 e. The predicted molar refractivity (Wildman–Crippen MR) is 119 cm³/mol. The Morgan fingerprint density at radius 3 is 2.44 bits per heavy atom. The molecule has 0 saturated carbocycles. The molecule has 2 aromatic carbocycles. The van der Waals surface area contributed by atoms with Crippen molar-refractivity contribution < 1.29 is 19.1 Å². The highest BCUT2D eigenvalue weighted by atomic mass is 16.6. The van der Waals surface area contributed by atoms with Crippen molar-refractivity contribution >= 4 is 23.5 Å². The van der Waals surface area contributed by atoms with Gasteiger partial charge in [0.25, 0.3) is 0 Å². The van der Waals surface area contributed by atoms with Crippen LogP contribution in [0, 0.1) is 22.7 Å². The van der Waals surface area contributed by atoms with E-state index in [0.29, 0.717) is 29.1 Å². The first-order valence-electron chi connectivity index (χ1n) is 10.00. The fourth-order valence-corrected chi connectivity index (χ4v) is 2.86. The molecule has 9 nitrogen and oxygen atoms in total. The van der Waals surface area contributed by atoms with Crippen molar-refractivity contribution in [2.75, 3.05) is 17.7 Å². The van der Waals surface area contributed by atoms with Crippen LogP contribution in [0.1, 0.15) is 43.9 Å². The smallest absolute Gasteiger partial charge is 0.407 e. The topological polar surface area (TPSA) is 136 Å². The van der Waals surface area contributed by atoms with Crippen LogP contribution in [0.5, 0.6) is 5.75 Å². The maximum atomic E-state index is 12.4. The number of nitrogens with zero attached hydrogens (tertiary/aromatic N) is 2. The quantitative estimate of drug-likeness (QED) is 0.550. The summed E-state index contributed by atoms with van der Waals surface area (Å²) in [7, 11) is 1.45. The van der Waals surface area contributed by atoms with Crippen molar-refractivity contribution in [3.05, 3.63) is 53.6 Å². The Hall–Kier alpha value is -4.24. The number of nitrogens with one attached hydrogen (secondary N) is 3. The highest BCUT2D eigenvalue weighted by Crippen LogP contribution is 2.23. The van der Waals surface area contributed by atoms with Gasteiger partial charge in [-0.3, -0.25) is 0 Å². The molecule has 2 aromatic rings. The molecule has 0 radical (unpaired) electrons. The molecule has 0 aromatic heterocycles. The van der Waals surface area contributed by atoms with Crippen molar-refractivity contribution in [2.24, 2.45) is 0 Å². The lowest BCUT2D eigenvalue weighted by molar-refractivity contribution is 0.0950. The summed E-state index contributed by atoms with van der Waals surface area (Å²) < 4.78 is 10.4. The molecule has 0 bridgehead atoms. The third-order valence-corrected chi connectivity index (χ3v) is 4.61. The molecule has 3 N–H and O–H groups in total. The van der Waals surface area contributed by atoms with Gasteiger partial charge >= 0.3 is 12.1 Å². The van der Waals surface area contributed by atoms with Crippen molar-refractivity contribution in [3.63, 3.8) is 0 Å². The third-order valence-electron chi connectivity index (χ3n) is 4.61. The standard InChI is InChI=1S/C23H25N5O4/c1-4-20(10-11-24)32-23(30)26-15(2)16-6-5-7-18(12-16)27-22(29)28-19-9-8-17(14-25)21(13-19)31-3/h5-9,12-13,15,20H,4,10H2,1-3H3,(H,26,30)(H2,27,28,29)/t15-,20+/m0/s1. The number of carbonyl (C=O) groups is 2. The van der Waals surface area contributed by atoms with Crippen molar-refractivity contribution in [3.8, 4) is 17.9 Å². The van der Waals surface area contributed by atoms with Crippen LogP contribution in [0.25, 0.3) is 0 Å². The van der Waals surface area contributed by atoms with E-state index >= 15 is 0 Å². The van der Waals surface area contributed by atoms with Crippen LogP contribution in [-0.2, 0) is 4.74 Å². The van der Waals surface area contributed by atoms with E-state index in [1.807, 2.05) is 25.1 Å². The average molecular weight is 435 g/mol. The lowest BCUT2D eigenvalue weighted by Gasteiger charge is -2.18. The Balaban J connectivity index is 1.99. The maximum absolute atomic E-state index is 12.4. The van der Waals surface area contributed by atoms with Crippen LogP contribution in [0.3, 0.4) is 0 Å². The second kappa shape index (κ2) is 11.8. The van der Waals surface area contributed by atoms with E-state index < -0.39 is 18.2 Å². The van der Waals surface area contributed by atoms with Crippen LogP contribution >= 0.6 is 0 Å². The minimum atomic E-state index is -0.606. The molecule has 0 saturated heterocycles. The molecule has 0 spiro atoms. The summed E-state index contributed by atoms with van der Waals surface area (Å²) in [4.78, 5) is 24.4. The molecule has 0 unspecified atom stereocenters. The van der Waals surface area contributed by atoms with Crippen LogP contribution in [-0.4, -0.2) is 25.3 Å². The summed E-state index contributed by atoms with van der Waals surface area (Å²) >= 11 is 0. The summed E-state index contributed by atoms with van der Waals surface area (Å²) in [6.45, 7) is 3.63. The van der Waals surface area contributed by atoms with Gasteiger partial charge in [0.05, 0.1) is 31.2 Å². The predicted octanol–water partition coefficient (Wildman–Crippen LogP) is 4.69. The maximum Gasteiger partial charge on any atom is 0.407 e. The highest BCUT2D eigenvalue weighted by molar-refractivity contribution is 6.00.